The van der Waals surface area contributed by atoms with Crippen molar-refractivity contribution >= 4 is 10.9 Å². The van der Waals surface area contributed by atoms with Gasteiger partial charge in [-0.25, -0.2) is 9.97 Å². The van der Waals surface area contributed by atoms with Gasteiger partial charge in [0.25, 0.3) is 0 Å². The third kappa shape index (κ3) is 1.93. The monoisotopic (exact) mass is 279 g/mol. The van der Waals surface area contributed by atoms with E-state index >= 15 is 0 Å². The smallest absolute Gasteiger partial charge is 0.160 e. The van der Waals surface area contributed by atoms with Gasteiger partial charge in [0.2, 0.25) is 0 Å². The molecule has 1 aliphatic rings. The maximum absolute atomic E-state index is 4.82. The molecule has 0 saturated carbocycles. The highest BCUT2D eigenvalue weighted by Crippen LogP contribution is 2.31. The van der Waals surface area contributed by atoms with Gasteiger partial charge in [0, 0.05) is 47.9 Å². The molecule has 0 saturated heterocycles. The summed E-state index contributed by atoms with van der Waals surface area (Å²) in [5.41, 5.74) is 6.68. The Kier molecular flexibility index (Phi) is 2.75. The van der Waals surface area contributed by atoms with E-state index in [0.717, 1.165) is 53.2 Å². The Morgan fingerprint density at radius 2 is 2.10 bits per heavy atom. The van der Waals surface area contributed by atoms with Gasteiger partial charge in [-0.2, -0.15) is 5.10 Å². The number of fused-ring (bicyclic) bond motifs is 2. The zero-order valence-corrected chi connectivity index (χ0v) is 12.2. The van der Waals surface area contributed by atoms with Crippen LogP contribution in [0.5, 0.6) is 0 Å². The molecule has 0 amide bonds. The van der Waals surface area contributed by atoms with Gasteiger partial charge in [0.1, 0.15) is 0 Å². The fourth-order valence-corrected chi connectivity index (χ4v) is 3.01. The average Bonchev–Trinajstić information content (AvgIpc) is 2.88. The van der Waals surface area contributed by atoms with Crippen LogP contribution in [0.2, 0.25) is 0 Å². The Bertz CT molecular complexity index is 834. The molecule has 1 aromatic carbocycles. The molecule has 106 valence electrons. The van der Waals surface area contributed by atoms with Gasteiger partial charge in [-0.1, -0.05) is 6.07 Å². The maximum Gasteiger partial charge on any atom is 0.160 e. The van der Waals surface area contributed by atoms with E-state index in [1.165, 1.54) is 11.1 Å². The standard InChI is InChI=1S/C16H17N5/c1-9-3-4-13-15(10(2)20-21-13)14(9)16-18-8-11-7-17-6-5-12(11)19-16/h3-4,8,17H,5-7H2,1-2H3,(H,20,21). The number of aromatic amines is 1. The summed E-state index contributed by atoms with van der Waals surface area (Å²) < 4.78 is 0. The highest BCUT2D eigenvalue weighted by atomic mass is 15.1. The van der Waals surface area contributed by atoms with Crippen LogP contribution in [-0.4, -0.2) is 26.7 Å². The van der Waals surface area contributed by atoms with E-state index in [2.05, 4.69) is 33.5 Å². The van der Waals surface area contributed by atoms with Crippen molar-refractivity contribution in [3.63, 3.8) is 0 Å². The number of aryl methyl sites for hydroxylation is 2. The average molecular weight is 279 g/mol. The number of H-pyrrole nitrogens is 1. The third-order valence-electron chi connectivity index (χ3n) is 4.14. The summed E-state index contributed by atoms with van der Waals surface area (Å²) in [6.07, 6.45) is 2.92. The van der Waals surface area contributed by atoms with E-state index in [0.29, 0.717) is 0 Å². The number of aromatic nitrogens is 4. The first-order valence-corrected chi connectivity index (χ1v) is 7.24. The first-order valence-electron chi connectivity index (χ1n) is 7.24. The van der Waals surface area contributed by atoms with Crippen LogP contribution in [0.3, 0.4) is 0 Å². The molecule has 2 aromatic heterocycles. The second-order valence-corrected chi connectivity index (χ2v) is 5.59. The second-order valence-electron chi connectivity index (χ2n) is 5.59. The van der Waals surface area contributed by atoms with Gasteiger partial charge in [0.05, 0.1) is 11.2 Å². The number of rotatable bonds is 1. The quantitative estimate of drug-likeness (QED) is 0.717. The van der Waals surface area contributed by atoms with E-state index in [9.17, 15) is 0 Å². The lowest BCUT2D eigenvalue weighted by Crippen LogP contribution is -2.25. The minimum Gasteiger partial charge on any atom is -0.312 e. The molecule has 5 heteroatoms. The molecule has 4 rings (SSSR count). The van der Waals surface area contributed by atoms with Crippen molar-refractivity contribution < 1.29 is 0 Å². The first kappa shape index (κ1) is 12.5. The van der Waals surface area contributed by atoms with Crippen molar-refractivity contribution in [3.05, 3.63) is 40.8 Å². The van der Waals surface area contributed by atoms with Crippen molar-refractivity contribution in [1.29, 1.82) is 0 Å². The molecule has 0 aliphatic carbocycles. The fourth-order valence-electron chi connectivity index (χ4n) is 3.01. The predicted octanol–water partition coefficient (Wildman–Crippen LogP) is 2.28. The van der Waals surface area contributed by atoms with Gasteiger partial charge in [-0.05, 0) is 25.5 Å². The van der Waals surface area contributed by atoms with Crippen LogP contribution in [0.25, 0.3) is 22.3 Å². The van der Waals surface area contributed by atoms with Gasteiger partial charge in [0.15, 0.2) is 5.82 Å². The van der Waals surface area contributed by atoms with Crippen molar-refractivity contribution in [2.45, 2.75) is 26.8 Å². The molecular formula is C16H17N5. The fraction of sp³-hybridized carbons (Fsp3) is 0.312. The topological polar surface area (TPSA) is 66.5 Å². The molecular weight excluding hydrogens is 262 g/mol. The van der Waals surface area contributed by atoms with Crippen LogP contribution < -0.4 is 5.32 Å². The lowest BCUT2D eigenvalue weighted by Gasteiger charge is -2.17. The molecule has 3 heterocycles. The minimum absolute atomic E-state index is 0.809. The molecule has 21 heavy (non-hydrogen) atoms. The summed E-state index contributed by atoms with van der Waals surface area (Å²) in [6.45, 7) is 5.99. The third-order valence-corrected chi connectivity index (χ3v) is 4.14. The largest absolute Gasteiger partial charge is 0.312 e. The van der Waals surface area contributed by atoms with Crippen molar-refractivity contribution in [3.8, 4) is 11.4 Å². The molecule has 0 bridgehead atoms. The highest BCUT2D eigenvalue weighted by Gasteiger charge is 2.17. The molecule has 0 atom stereocenters. The molecule has 5 nitrogen and oxygen atoms in total. The molecule has 1 aliphatic heterocycles. The van der Waals surface area contributed by atoms with Crippen LogP contribution >= 0.6 is 0 Å². The number of hydrogen-bond acceptors (Lipinski definition) is 4. The molecule has 3 aromatic rings. The molecule has 0 radical (unpaired) electrons. The minimum atomic E-state index is 0.809. The summed E-state index contributed by atoms with van der Waals surface area (Å²) in [7, 11) is 0. The second kappa shape index (κ2) is 4.63. The Labute approximate surface area is 122 Å². The van der Waals surface area contributed by atoms with Crippen molar-refractivity contribution in [2.24, 2.45) is 0 Å². The zero-order chi connectivity index (χ0) is 14.4. The van der Waals surface area contributed by atoms with Crippen LogP contribution in [0.1, 0.15) is 22.5 Å². The molecule has 2 N–H and O–H groups in total. The van der Waals surface area contributed by atoms with Crippen LogP contribution in [0.15, 0.2) is 18.3 Å². The molecule has 0 unspecified atom stereocenters. The lowest BCUT2D eigenvalue weighted by molar-refractivity contribution is 0.626. The summed E-state index contributed by atoms with van der Waals surface area (Å²) in [5.74, 6) is 0.809. The van der Waals surface area contributed by atoms with Gasteiger partial charge < -0.3 is 5.32 Å². The van der Waals surface area contributed by atoms with Gasteiger partial charge in [-0.3, -0.25) is 5.10 Å². The van der Waals surface area contributed by atoms with E-state index < -0.39 is 0 Å². The number of hydrogen-bond donors (Lipinski definition) is 2. The van der Waals surface area contributed by atoms with Crippen LogP contribution in [-0.2, 0) is 13.0 Å². The number of nitrogens with zero attached hydrogens (tertiary/aromatic N) is 3. The summed E-state index contributed by atoms with van der Waals surface area (Å²) in [5, 5.41) is 11.9. The maximum atomic E-state index is 4.82. The van der Waals surface area contributed by atoms with Crippen LogP contribution in [0.4, 0.5) is 0 Å². The van der Waals surface area contributed by atoms with E-state index in [1.54, 1.807) is 0 Å². The van der Waals surface area contributed by atoms with Gasteiger partial charge in [-0.15, -0.1) is 0 Å². The van der Waals surface area contributed by atoms with Crippen LogP contribution in [0, 0.1) is 13.8 Å². The number of nitrogens with one attached hydrogen (secondary N) is 2. The highest BCUT2D eigenvalue weighted by molar-refractivity contribution is 5.96. The summed E-state index contributed by atoms with van der Waals surface area (Å²) >= 11 is 0. The summed E-state index contributed by atoms with van der Waals surface area (Å²) in [4.78, 5) is 9.42. The Morgan fingerprint density at radius 3 is 3.00 bits per heavy atom. The predicted molar refractivity (Wildman–Crippen MR) is 82.0 cm³/mol. The Morgan fingerprint density at radius 1 is 1.19 bits per heavy atom. The molecule has 0 fully saturated rings. The number of benzene rings is 1. The lowest BCUT2D eigenvalue weighted by atomic mass is 10.0. The van der Waals surface area contributed by atoms with Crippen molar-refractivity contribution in [2.75, 3.05) is 6.54 Å². The SMILES string of the molecule is Cc1ccc2n[nH]c(C)c2c1-c1ncc2c(n1)CCNC2. The Balaban J connectivity index is 1.98. The van der Waals surface area contributed by atoms with E-state index in [1.807, 2.05) is 19.2 Å². The van der Waals surface area contributed by atoms with Gasteiger partial charge >= 0.3 is 0 Å². The zero-order valence-electron chi connectivity index (χ0n) is 12.2. The normalized spacial score (nSPS) is 14.4. The first-order chi connectivity index (χ1) is 10.2. The molecule has 0 spiro atoms. The summed E-state index contributed by atoms with van der Waals surface area (Å²) in [6, 6.07) is 4.13. The van der Waals surface area contributed by atoms with E-state index in [4.69, 9.17) is 4.98 Å². The Hall–Kier alpha value is -2.27. The van der Waals surface area contributed by atoms with E-state index in [-0.39, 0.29) is 0 Å². The van der Waals surface area contributed by atoms with Crippen molar-refractivity contribution in [1.82, 2.24) is 25.5 Å².